The van der Waals surface area contributed by atoms with E-state index in [9.17, 15) is 0 Å². The molecule has 0 saturated carbocycles. The van der Waals surface area contributed by atoms with Crippen molar-refractivity contribution in [1.29, 1.82) is 0 Å². The molecule has 1 fully saturated rings. The highest BCUT2D eigenvalue weighted by Crippen LogP contribution is 2.23. The molecule has 0 bridgehead atoms. The van der Waals surface area contributed by atoms with Crippen molar-refractivity contribution in [3.8, 4) is 0 Å². The lowest BCUT2D eigenvalue weighted by molar-refractivity contribution is 0.840. The van der Waals surface area contributed by atoms with Crippen LogP contribution in [-0.4, -0.2) is 46.8 Å². The summed E-state index contributed by atoms with van der Waals surface area (Å²) < 4.78 is 0. The maximum absolute atomic E-state index is 4.60. The van der Waals surface area contributed by atoms with Gasteiger partial charge in [-0.05, 0) is 61.2 Å². The fourth-order valence-electron chi connectivity index (χ4n) is 3.35. The molecule has 0 amide bonds. The van der Waals surface area contributed by atoms with Crippen LogP contribution in [0.1, 0.15) is 18.4 Å². The molecule has 1 aliphatic rings. The molecule has 4 rings (SSSR count). The average Bonchev–Trinajstić information content (AvgIpc) is 3.28. The predicted octanol–water partition coefficient (Wildman–Crippen LogP) is 3.29. The smallest absolute Gasteiger partial charge is 0.249 e. The summed E-state index contributed by atoms with van der Waals surface area (Å²) in [5, 5.41) is 11.5. The molecule has 1 aromatic carbocycles. The summed E-state index contributed by atoms with van der Waals surface area (Å²) in [6.07, 6.45) is 8.80. The molecule has 0 aliphatic carbocycles. The Morgan fingerprint density at radius 3 is 2.54 bits per heavy atom. The summed E-state index contributed by atoms with van der Waals surface area (Å²) >= 11 is 0. The van der Waals surface area contributed by atoms with Crippen LogP contribution in [0.15, 0.2) is 55.0 Å². The summed E-state index contributed by atoms with van der Waals surface area (Å²) in [5.74, 6) is 1.29. The number of nitrogens with zero attached hydrogens (tertiary/aromatic N) is 6. The average molecular weight is 375 g/mol. The minimum Gasteiger partial charge on any atom is -0.372 e. The van der Waals surface area contributed by atoms with Gasteiger partial charge in [0.05, 0.1) is 6.20 Å². The van der Waals surface area contributed by atoms with Gasteiger partial charge in [-0.2, -0.15) is 10.1 Å². The third kappa shape index (κ3) is 4.54. The van der Waals surface area contributed by atoms with Crippen LogP contribution in [0, 0.1) is 0 Å². The number of pyridine rings is 1. The largest absolute Gasteiger partial charge is 0.372 e. The first kappa shape index (κ1) is 18.2. The summed E-state index contributed by atoms with van der Waals surface area (Å²) in [4.78, 5) is 13.2. The van der Waals surface area contributed by atoms with Crippen molar-refractivity contribution in [2.45, 2.75) is 19.3 Å². The zero-order chi connectivity index (χ0) is 19.2. The van der Waals surface area contributed by atoms with Crippen LogP contribution in [0.2, 0.25) is 0 Å². The van der Waals surface area contributed by atoms with Crippen molar-refractivity contribution in [1.82, 2.24) is 20.2 Å². The fraction of sp³-hybridized carbons (Fsp3) is 0.333. The van der Waals surface area contributed by atoms with Gasteiger partial charge in [-0.1, -0.05) is 0 Å². The Morgan fingerprint density at radius 2 is 1.79 bits per heavy atom. The number of nitrogens with one attached hydrogen (secondary N) is 1. The Morgan fingerprint density at radius 1 is 1.04 bits per heavy atom. The van der Waals surface area contributed by atoms with Crippen LogP contribution in [0.25, 0.3) is 0 Å². The molecule has 7 nitrogen and oxygen atoms in total. The molecule has 1 N–H and O–H groups in total. The van der Waals surface area contributed by atoms with Gasteiger partial charge in [0.25, 0.3) is 0 Å². The number of hydrogen-bond donors (Lipinski definition) is 1. The second-order valence-electron chi connectivity index (χ2n) is 7.03. The van der Waals surface area contributed by atoms with Crippen LogP contribution in [0.5, 0.6) is 0 Å². The minimum atomic E-state index is 0.502. The topological polar surface area (TPSA) is 70.1 Å². The van der Waals surface area contributed by atoms with Crippen molar-refractivity contribution >= 4 is 23.1 Å². The van der Waals surface area contributed by atoms with E-state index in [2.05, 4.69) is 59.5 Å². The zero-order valence-corrected chi connectivity index (χ0v) is 16.1. The molecule has 28 heavy (non-hydrogen) atoms. The molecule has 3 heterocycles. The van der Waals surface area contributed by atoms with Gasteiger partial charge < -0.3 is 15.1 Å². The molecule has 0 unspecified atom stereocenters. The Hall–Kier alpha value is -3.22. The van der Waals surface area contributed by atoms with Gasteiger partial charge in [0, 0.05) is 50.5 Å². The van der Waals surface area contributed by atoms with Gasteiger partial charge in [0.2, 0.25) is 5.95 Å². The number of hydrogen-bond acceptors (Lipinski definition) is 7. The molecular weight excluding hydrogens is 350 g/mol. The predicted molar refractivity (Wildman–Crippen MR) is 112 cm³/mol. The maximum atomic E-state index is 4.60. The van der Waals surface area contributed by atoms with Crippen LogP contribution in [-0.2, 0) is 6.42 Å². The van der Waals surface area contributed by atoms with Crippen LogP contribution in [0.3, 0.4) is 0 Å². The number of aromatic nitrogens is 4. The first-order valence-corrected chi connectivity index (χ1v) is 9.70. The van der Waals surface area contributed by atoms with E-state index in [-0.39, 0.29) is 0 Å². The Labute approximate surface area is 165 Å². The lowest BCUT2D eigenvalue weighted by Crippen LogP contribution is -2.22. The molecule has 0 spiro atoms. The number of likely N-dealkylation sites (N-methyl/N-ethyl adjacent to an activating group) is 1. The highest BCUT2D eigenvalue weighted by Gasteiger charge is 2.12. The van der Waals surface area contributed by atoms with Gasteiger partial charge in [-0.15, -0.1) is 5.10 Å². The third-order valence-electron chi connectivity index (χ3n) is 5.02. The molecule has 144 valence electrons. The quantitative estimate of drug-likeness (QED) is 0.679. The molecular formula is C21H25N7. The second-order valence-corrected chi connectivity index (χ2v) is 7.03. The molecule has 0 atom stereocenters. The molecule has 7 heteroatoms. The number of anilines is 4. The Kier molecular flexibility index (Phi) is 5.61. The highest BCUT2D eigenvalue weighted by molar-refractivity contribution is 5.60. The number of rotatable bonds is 7. The van der Waals surface area contributed by atoms with Gasteiger partial charge in [-0.3, -0.25) is 4.98 Å². The van der Waals surface area contributed by atoms with Crippen molar-refractivity contribution in [3.63, 3.8) is 0 Å². The van der Waals surface area contributed by atoms with Crippen molar-refractivity contribution in [2.75, 3.05) is 41.8 Å². The van der Waals surface area contributed by atoms with Crippen LogP contribution in [0.4, 0.5) is 23.1 Å². The maximum Gasteiger partial charge on any atom is 0.249 e. The summed E-state index contributed by atoms with van der Waals surface area (Å²) in [7, 11) is 2.01. The van der Waals surface area contributed by atoms with E-state index in [4.69, 9.17) is 0 Å². The SMILES string of the molecule is CN(CCc1ccncc1)c1cnnc(Nc2ccc(N3CCCC3)cc2)n1. The molecule has 2 aromatic heterocycles. The van der Waals surface area contributed by atoms with E-state index < -0.39 is 0 Å². The van der Waals surface area contributed by atoms with Crippen LogP contribution >= 0.6 is 0 Å². The molecule has 1 aliphatic heterocycles. The molecule has 0 radical (unpaired) electrons. The van der Waals surface area contributed by atoms with E-state index in [1.54, 1.807) is 6.20 Å². The van der Waals surface area contributed by atoms with Gasteiger partial charge in [-0.25, -0.2) is 0 Å². The minimum absolute atomic E-state index is 0.502. The normalized spacial score (nSPS) is 13.5. The summed E-state index contributed by atoms with van der Waals surface area (Å²) in [6, 6.07) is 12.5. The monoisotopic (exact) mass is 375 g/mol. The lowest BCUT2D eigenvalue weighted by Gasteiger charge is -2.19. The number of benzene rings is 1. The first-order chi connectivity index (χ1) is 13.8. The van der Waals surface area contributed by atoms with E-state index in [1.165, 1.54) is 24.1 Å². The van der Waals surface area contributed by atoms with Crippen LogP contribution < -0.4 is 15.1 Å². The third-order valence-corrected chi connectivity index (χ3v) is 5.02. The summed E-state index contributed by atoms with van der Waals surface area (Å²) in [6.45, 7) is 3.13. The van der Waals surface area contributed by atoms with E-state index >= 15 is 0 Å². The highest BCUT2D eigenvalue weighted by atomic mass is 15.3. The van der Waals surface area contributed by atoms with E-state index in [1.807, 2.05) is 31.6 Å². The standard InChI is InChI=1S/C21H25N7/c1-27(15-10-17-8-11-22-12-9-17)20-16-23-26-21(25-20)24-18-4-6-19(7-5-18)28-13-2-3-14-28/h4-9,11-12,16H,2-3,10,13-15H2,1H3,(H,24,25,26). The second kappa shape index (κ2) is 8.65. The van der Waals surface area contributed by atoms with Gasteiger partial charge in [0.15, 0.2) is 5.82 Å². The Balaban J connectivity index is 1.37. The van der Waals surface area contributed by atoms with Gasteiger partial charge >= 0.3 is 0 Å². The first-order valence-electron chi connectivity index (χ1n) is 9.70. The lowest BCUT2D eigenvalue weighted by atomic mass is 10.2. The molecule has 1 saturated heterocycles. The molecule has 3 aromatic rings. The van der Waals surface area contributed by atoms with Crippen molar-refractivity contribution in [2.24, 2.45) is 0 Å². The summed E-state index contributed by atoms with van der Waals surface area (Å²) in [5.41, 5.74) is 3.48. The van der Waals surface area contributed by atoms with E-state index in [0.717, 1.165) is 37.6 Å². The van der Waals surface area contributed by atoms with Crippen molar-refractivity contribution in [3.05, 3.63) is 60.6 Å². The van der Waals surface area contributed by atoms with E-state index in [0.29, 0.717) is 5.95 Å². The van der Waals surface area contributed by atoms with Gasteiger partial charge in [0.1, 0.15) is 0 Å². The van der Waals surface area contributed by atoms with Crippen molar-refractivity contribution < 1.29 is 0 Å². The fourth-order valence-corrected chi connectivity index (χ4v) is 3.35. The zero-order valence-electron chi connectivity index (χ0n) is 16.1. The Bertz CT molecular complexity index is 877.